The zero-order valence-corrected chi connectivity index (χ0v) is 12.9. The Morgan fingerprint density at radius 1 is 1.33 bits per heavy atom. The number of hydrogen-bond acceptors (Lipinski definition) is 2. The summed E-state index contributed by atoms with van der Waals surface area (Å²) in [6.45, 7) is 11.1. The summed E-state index contributed by atoms with van der Waals surface area (Å²) in [6.07, 6.45) is 5.28. The molecule has 0 bridgehead atoms. The minimum atomic E-state index is -0.278. The standard InChI is InChI=1S/C15H32N2O/c1-6-8-9-13(7-2)10-14(18)17-15(5,11-16)12(3)4/h12-13H,6-11,16H2,1-5H3,(H,17,18). The van der Waals surface area contributed by atoms with Crippen molar-refractivity contribution in [1.82, 2.24) is 5.32 Å². The van der Waals surface area contributed by atoms with Crippen molar-refractivity contribution in [3.63, 3.8) is 0 Å². The van der Waals surface area contributed by atoms with Gasteiger partial charge in [-0.25, -0.2) is 0 Å². The van der Waals surface area contributed by atoms with Gasteiger partial charge in [-0.2, -0.15) is 0 Å². The van der Waals surface area contributed by atoms with Gasteiger partial charge in [0.2, 0.25) is 5.91 Å². The zero-order chi connectivity index (χ0) is 14.2. The molecule has 0 aromatic rings. The third-order valence-electron chi connectivity index (χ3n) is 4.14. The van der Waals surface area contributed by atoms with E-state index in [2.05, 4.69) is 33.0 Å². The molecule has 0 heterocycles. The predicted octanol–water partition coefficient (Wildman–Crippen LogP) is 3.08. The quantitative estimate of drug-likeness (QED) is 0.666. The number of hydrogen-bond donors (Lipinski definition) is 2. The van der Waals surface area contributed by atoms with Crippen molar-refractivity contribution in [3.8, 4) is 0 Å². The van der Waals surface area contributed by atoms with Crippen LogP contribution in [0.25, 0.3) is 0 Å². The minimum Gasteiger partial charge on any atom is -0.349 e. The molecular formula is C15H32N2O. The lowest BCUT2D eigenvalue weighted by atomic mass is 9.87. The van der Waals surface area contributed by atoms with Gasteiger partial charge in [-0.1, -0.05) is 47.0 Å². The lowest BCUT2D eigenvalue weighted by Gasteiger charge is -2.34. The lowest BCUT2D eigenvalue weighted by molar-refractivity contribution is -0.124. The van der Waals surface area contributed by atoms with E-state index in [0.717, 1.165) is 12.8 Å². The largest absolute Gasteiger partial charge is 0.349 e. The molecule has 0 spiro atoms. The van der Waals surface area contributed by atoms with E-state index < -0.39 is 0 Å². The predicted molar refractivity (Wildman–Crippen MR) is 78.4 cm³/mol. The van der Waals surface area contributed by atoms with E-state index >= 15 is 0 Å². The summed E-state index contributed by atoms with van der Waals surface area (Å²) < 4.78 is 0. The first kappa shape index (κ1) is 17.4. The highest BCUT2D eigenvalue weighted by Gasteiger charge is 2.28. The van der Waals surface area contributed by atoms with E-state index in [1.165, 1.54) is 12.8 Å². The zero-order valence-electron chi connectivity index (χ0n) is 12.9. The minimum absolute atomic E-state index is 0.152. The smallest absolute Gasteiger partial charge is 0.220 e. The average Bonchev–Trinajstić information content (AvgIpc) is 2.33. The number of carbonyl (C=O) groups excluding carboxylic acids is 1. The average molecular weight is 256 g/mol. The number of rotatable bonds is 9. The Hall–Kier alpha value is -0.570. The van der Waals surface area contributed by atoms with Gasteiger partial charge in [0, 0.05) is 13.0 Å². The van der Waals surface area contributed by atoms with Crippen molar-refractivity contribution < 1.29 is 4.79 Å². The molecule has 0 aromatic heterocycles. The van der Waals surface area contributed by atoms with Crippen molar-refractivity contribution in [2.24, 2.45) is 17.6 Å². The molecule has 1 amide bonds. The maximum atomic E-state index is 12.1. The molecule has 0 rings (SSSR count). The Bertz CT molecular complexity index is 241. The van der Waals surface area contributed by atoms with Crippen LogP contribution >= 0.6 is 0 Å². The fourth-order valence-electron chi connectivity index (χ4n) is 2.01. The van der Waals surface area contributed by atoms with Crippen LogP contribution in [0.2, 0.25) is 0 Å². The van der Waals surface area contributed by atoms with Crippen LogP contribution in [0.15, 0.2) is 0 Å². The highest BCUT2D eigenvalue weighted by atomic mass is 16.1. The molecule has 0 saturated carbocycles. The van der Waals surface area contributed by atoms with E-state index in [1.807, 2.05) is 6.92 Å². The molecule has 0 aliphatic carbocycles. The number of nitrogens with two attached hydrogens (primary N) is 1. The van der Waals surface area contributed by atoms with Crippen LogP contribution in [0.1, 0.15) is 66.7 Å². The van der Waals surface area contributed by atoms with Crippen molar-refractivity contribution in [3.05, 3.63) is 0 Å². The van der Waals surface area contributed by atoms with Crippen LogP contribution in [-0.4, -0.2) is 18.0 Å². The summed E-state index contributed by atoms with van der Waals surface area (Å²) in [5.74, 6) is 1.01. The van der Waals surface area contributed by atoms with Crippen LogP contribution in [0.5, 0.6) is 0 Å². The molecule has 108 valence electrons. The summed E-state index contributed by atoms with van der Waals surface area (Å²) >= 11 is 0. The van der Waals surface area contributed by atoms with Gasteiger partial charge < -0.3 is 11.1 Å². The Morgan fingerprint density at radius 2 is 1.94 bits per heavy atom. The van der Waals surface area contributed by atoms with Crippen LogP contribution in [0, 0.1) is 11.8 Å². The van der Waals surface area contributed by atoms with Crippen molar-refractivity contribution in [2.45, 2.75) is 72.3 Å². The number of carbonyl (C=O) groups is 1. The van der Waals surface area contributed by atoms with E-state index in [0.29, 0.717) is 24.8 Å². The van der Waals surface area contributed by atoms with E-state index in [4.69, 9.17) is 5.73 Å². The molecule has 0 fully saturated rings. The van der Waals surface area contributed by atoms with Gasteiger partial charge in [0.25, 0.3) is 0 Å². The molecule has 3 nitrogen and oxygen atoms in total. The Labute approximate surface area is 113 Å². The maximum Gasteiger partial charge on any atom is 0.220 e. The SMILES string of the molecule is CCCCC(CC)CC(=O)NC(C)(CN)C(C)C. The normalized spacial score (nSPS) is 16.4. The van der Waals surface area contributed by atoms with E-state index in [-0.39, 0.29) is 11.4 Å². The monoisotopic (exact) mass is 256 g/mol. The lowest BCUT2D eigenvalue weighted by Crippen LogP contribution is -2.55. The van der Waals surface area contributed by atoms with Gasteiger partial charge in [0.1, 0.15) is 0 Å². The second-order valence-corrected chi connectivity index (χ2v) is 5.95. The maximum absolute atomic E-state index is 12.1. The molecule has 0 radical (unpaired) electrons. The molecular weight excluding hydrogens is 224 g/mol. The Morgan fingerprint density at radius 3 is 2.33 bits per heavy atom. The third-order valence-corrected chi connectivity index (χ3v) is 4.14. The fraction of sp³-hybridized carbons (Fsp3) is 0.933. The summed E-state index contributed by atoms with van der Waals surface area (Å²) in [4.78, 5) is 12.1. The molecule has 0 aliphatic rings. The first-order valence-electron chi connectivity index (χ1n) is 7.40. The fourth-order valence-corrected chi connectivity index (χ4v) is 2.01. The first-order valence-corrected chi connectivity index (χ1v) is 7.40. The van der Waals surface area contributed by atoms with Crippen LogP contribution < -0.4 is 11.1 Å². The van der Waals surface area contributed by atoms with Crippen LogP contribution in [0.4, 0.5) is 0 Å². The van der Waals surface area contributed by atoms with Gasteiger partial charge in [0.15, 0.2) is 0 Å². The summed E-state index contributed by atoms with van der Waals surface area (Å²) in [6, 6.07) is 0. The Kier molecular flexibility index (Phi) is 8.25. The highest BCUT2D eigenvalue weighted by Crippen LogP contribution is 2.19. The third kappa shape index (κ3) is 5.85. The topological polar surface area (TPSA) is 55.1 Å². The molecule has 0 aromatic carbocycles. The molecule has 2 unspecified atom stereocenters. The van der Waals surface area contributed by atoms with Crippen LogP contribution in [-0.2, 0) is 4.79 Å². The van der Waals surface area contributed by atoms with Gasteiger partial charge >= 0.3 is 0 Å². The van der Waals surface area contributed by atoms with Gasteiger partial charge in [0.05, 0.1) is 5.54 Å². The molecule has 3 N–H and O–H groups in total. The molecule has 3 heteroatoms. The number of nitrogens with one attached hydrogen (secondary N) is 1. The van der Waals surface area contributed by atoms with E-state index in [9.17, 15) is 4.79 Å². The van der Waals surface area contributed by atoms with Gasteiger partial charge in [-0.3, -0.25) is 4.79 Å². The number of unbranched alkanes of at least 4 members (excludes halogenated alkanes) is 1. The molecule has 0 saturated heterocycles. The van der Waals surface area contributed by atoms with Crippen molar-refractivity contribution in [1.29, 1.82) is 0 Å². The van der Waals surface area contributed by atoms with Crippen molar-refractivity contribution >= 4 is 5.91 Å². The molecule has 2 atom stereocenters. The Balaban J connectivity index is 4.30. The summed E-state index contributed by atoms with van der Waals surface area (Å²) in [7, 11) is 0. The number of amides is 1. The van der Waals surface area contributed by atoms with Crippen LogP contribution in [0.3, 0.4) is 0 Å². The summed E-state index contributed by atoms with van der Waals surface area (Å²) in [5.41, 5.74) is 5.51. The highest BCUT2D eigenvalue weighted by molar-refractivity contribution is 5.77. The molecule has 18 heavy (non-hydrogen) atoms. The first-order chi connectivity index (χ1) is 8.39. The van der Waals surface area contributed by atoms with Gasteiger partial charge in [-0.15, -0.1) is 0 Å². The van der Waals surface area contributed by atoms with E-state index in [1.54, 1.807) is 0 Å². The second-order valence-electron chi connectivity index (χ2n) is 5.95. The second kappa shape index (κ2) is 8.52. The van der Waals surface area contributed by atoms with Crippen molar-refractivity contribution in [2.75, 3.05) is 6.54 Å². The molecule has 0 aliphatic heterocycles. The van der Waals surface area contributed by atoms with Gasteiger partial charge in [-0.05, 0) is 25.2 Å². The summed E-state index contributed by atoms with van der Waals surface area (Å²) in [5, 5.41) is 3.12.